The molecule has 0 radical (unpaired) electrons. The van der Waals surface area contributed by atoms with Gasteiger partial charge in [-0.15, -0.1) is 0 Å². The summed E-state index contributed by atoms with van der Waals surface area (Å²) in [6, 6.07) is 17.2. The number of rotatable bonds is 5. The van der Waals surface area contributed by atoms with Gasteiger partial charge in [0.25, 0.3) is 5.91 Å². The number of hydrogen-bond acceptors (Lipinski definition) is 4. The fourth-order valence-corrected chi connectivity index (χ4v) is 3.73. The second kappa shape index (κ2) is 8.39. The van der Waals surface area contributed by atoms with Crippen LogP contribution in [0, 0.1) is 5.92 Å². The number of methoxy groups -OCH3 is 1. The summed E-state index contributed by atoms with van der Waals surface area (Å²) in [5.74, 6) is 0.742. The van der Waals surface area contributed by atoms with Gasteiger partial charge >= 0.3 is 0 Å². The topological polar surface area (TPSA) is 71.8 Å². The average molecular weight is 392 g/mol. The van der Waals surface area contributed by atoms with Crippen molar-refractivity contribution >= 4 is 22.8 Å². The molecule has 0 unspecified atom stereocenters. The van der Waals surface area contributed by atoms with Crippen LogP contribution >= 0.6 is 0 Å². The van der Waals surface area contributed by atoms with Gasteiger partial charge in [-0.05, 0) is 30.5 Å². The second-order valence-electron chi connectivity index (χ2n) is 7.26. The van der Waals surface area contributed by atoms with Gasteiger partial charge in [0.15, 0.2) is 17.1 Å². The molecule has 1 aromatic heterocycles. The van der Waals surface area contributed by atoms with E-state index in [1.807, 2.05) is 42.5 Å². The number of hydrogen-bond donors (Lipinski definition) is 1. The van der Waals surface area contributed by atoms with Crippen LogP contribution in [0.25, 0.3) is 11.0 Å². The lowest BCUT2D eigenvalue weighted by Crippen LogP contribution is -2.42. The Labute approximate surface area is 169 Å². The van der Waals surface area contributed by atoms with Crippen LogP contribution in [-0.4, -0.2) is 36.9 Å². The predicted octanol–water partition coefficient (Wildman–Crippen LogP) is 3.61. The molecule has 2 heterocycles. The van der Waals surface area contributed by atoms with Crippen LogP contribution in [0.4, 0.5) is 0 Å². The van der Waals surface area contributed by atoms with E-state index in [1.165, 1.54) is 0 Å². The van der Waals surface area contributed by atoms with Gasteiger partial charge in [0.1, 0.15) is 0 Å². The normalized spacial score (nSPS) is 14.7. The van der Waals surface area contributed by atoms with Crippen molar-refractivity contribution in [3.8, 4) is 5.75 Å². The number of carbonyl (C=O) groups excluding carboxylic acids is 2. The summed E-state index contributed by atoms with van der Waals surface area (Å²) in [6.07, 6.45) is 1.30. The number of furan rings is 1. The first-order valence-corrected chi connectivity index (χ1v) is 9.83. The number of piperidine rings is 1. The van der Waals surface area contributed by atoms with Crippen molar-refractivity contribution in [1.82, 2.24) is 10.2 Å². The van der Waals surface area contributed by atoms with Gasteiger partial charge < -0.3 is 19.4 Å². The van der Waals surface area contributed by atoms with Crippen molar-refractivity contribution in [2.45, 2.75) is 19.4 Å². The van der Waals surface area contributed by atoms with E-state index < -0.39 is 0 Å². The molecule has 29 heavy (non-hydrogen) atoms. The van der Waals surface area contributed by atoms with Crippen LogP contribution in [0.2, 0.25) is 0 Å². The molecule has 1 N–H and O–H groups in total. The quantitative estimate of drug-likeness (QED) is 0.720. The minimum atomic E-state index is -0.147. The number of amides is 2. The largest absolute Gasteiger partial charge is 0.493 e. The van der Waals surface area contributed by atoms with Crippen LogP contribution in [0.5, 0.6) is 5.75 Å². The molecule has 3 aromatic rings. The van der Waals surface area contributed by atoms with E-state index in [0.717, 1.165) is 10.9 Å². The standard InChI is InChI=1S/C23H24N2O4/c1-28-19-9-5-8-18-14-20(29-21(18)19)23(27)25-12-10-17(11-13-25)22(26)24-15-16-6-3-2-4-7-16/h2-9,14,17H,10-13,15H2,1H3,(H,24,26). The summed E-state index contributed by atoms with van der Waals surface area (Å²) in [5, 5.41) is 3.84. The van der Waals surface area contributed by atoms with Crippen molar-refractivity contribution < 1.29 is 18.7 Å². The van der Waals surface area contributed by atoms with Crippen molar-refractivity contribution in [3.63, 3.8) is 0 Å². The maximum atomic E-state index is 12.8. The number of benzene rings is 2. The van der Waals surface area contributed by atoms with Crippen LogP contribution in [0.3, 0.4) is 0 Å². The van der Waals surface area contributed by atoms with E-state index in [-0.39, 0.29) is 17.7 Å². The molecule has 150 valence electrons. The monoisotopic (exact) mass is 392 g/mol. The van der Waals surface area contributed by atoms with Crippen LogP contribution in [0.1, 0.15) is 29.0 Å². The zero-order valence-electron chi connectivity index (χ0n) is 16.4. The highest BCUT2D eigenvalue weighted by molar-refractivity contribution is 5.97. The molecule has 1 aliphatic heterocycles. The van der Waals surface area contributed by atoms with Crippen molar-refractivity contribution in [2.24, 2.45) is 5.92 Å². The smallest absolute Gasteiger partial charge is 0.289 e. The fourth-order valence-electron chi connectivity index (χ4n) is 3.73. The number of likely N-dealkylation sites (tertiary alicyclic amines) is 1. The molecule has 2 aromatic carbocycles. The highest BCUT2D eigenvalue weighted by atomic mass is 16.5. The van der Waals surface area contributed by atoms with Gasteiger partial charge in [-0.2, -0.15) is 0 Å². The van der Waals surface area contributed by atoms with Gasteiger partial charge in [-0.25, -0.2) is 0 Å². The number of carbonyl (C=O) groups is 2. The molecule has 2 amide bonds. The minimum Gasteiger partial charge on any atom is -0.493 e. The first kappa shape index (κ1) is 19.1. The lowest BCUT2D eigenvalue weighted by Gasteiger charge is -2.30. The third-order valence-electron chi connectivity index (χ3n) is 5.40. The van der Waals surface area contributed by atoms with Gasteiger partial charge in [0.2, 0.25) is 5.91 Å². The molecule has 4 rings (SSSR count). The number of ether oxygens (including phenoxy) is 1. The van der Waals surface area contributed by atoms with Gasteiger partial charge in [0, 0.05) is 30.9 Å². The molecule has 1 aliphatic rings. The average Bonchev–Trinajstić information content (AvgIpc) is 3.22. The summed E-state index contributed by atoms with van der Waals surface area (Å²) < 4.78 is 11.1. The molecule has 0 atom stereocenters. The first-order chi connectivity index (χ1) is 14.2. The molecule has 0 saturated carbocycles. The predicted molar refractivity (Wildman–Crippen MR) is 110 cm³/mol. The van der Waals surface area contributed by atoms with E-state index in [9.17, 15) is 9.59 Å². The number of nitrogens with zero attached hydrogens (tertiary/aromatic N) is 1. The number of fused-ring (bicyclic) bond motifs is 1. The maximum absolute atomic E-state index is 12.8. The number of para-hydroxylation sites is 1. The zero-order chi connectivity index (χ0) is 20.2. The zero-order valence-corrected chi connectivity index (χ0v) is 16.4. The first-order valence-electron chi connectivity index (χ1n) is 9.83. The number of nitrogens with one attached hydrogen (secondary N) is 1. The van der Waals surface area contributed by atoms with Crippen LogP contribution in [-0.2, 0) is 11.3 Å². The van der Waals surface area contributed by atoms with Gasteiger partial charge in [-0.3, -0.25) is 9.59 Å². The Morgan fingerprint density at radius 2 is 1.86 bits per heavy atom. The summed E-state index contributed by atoms with van der Waals surface area (Å²) >= 11 is 0. The van der Waals surface area contributed by atoms with E-state index in [4.69, 9.17) is 9.15 Å². The minimum absolute atomic E-state index is 0.0504. The Kier molecular flexibility index (Phi) is 5.51. The van der Waals surface area contributed by atoms with Crippen LogP contribution in [0.15, 0.2) is 59.0 Å². The second-order valence-corrected chi connectivity index (χ2v) is 7.26. The molecule has 0 bridgehead atoms. The molecule has 6 nitrogen and oxygen atoms in total. The van der Waals surface area contributed by atoms with Crippen molar-refractivity contribution in [3.05, 3.63) is 65.9 Å². The molecule has 0 aliphatic carbocycles. The third kappa shape index (κ3) is 4.11. The van der Waals surface area contributed by atoms with Gasteiger partial charge in [-0.1, -0.05) is 42.5 Å². The molecule has 6 heteroatoms. The molecular formula is C23H24N2O4. The summed E-state index contributed by atoms with van der Waals surface area (Å²) in [7, 11) is 1.58. The Morgan fingerprint density at radius 1 is 1.10 bits per heavy atom. The highest BCUT2D eigenvalue weighted by Crippen LogP contribution is 2.29. The maximum Gasteiger partial charge on any atom is 0.289 e. The summed E-state index contributed by atoms with van der Waals surface area (Å²) in [6.45, 7) is 1.60. The highest BCUT2D eigenvalue weighted by Gasteiger charge is 2.29. The molecule has 1 fully saturated rings. The summed E-state index contributed by atoms with van der Waals surface area (Å²) in [4.78, 5) is 27.1. The summed E-state index contributed by atoms with van der Waals surface area (Å²) in [5.41, 5.74) is 1.65. The fraction of sp³-hybridized carbons (Fsp3) is 0.304. The van der Waals surface area contributed by atoms with E-state index in [1.54, 1.807) is 24.1 Å². The lowest BCUT2D eigenvalue weighted by molar-refractivity contribution is -0.126. The van der Waals surface area contributed by atoms with Crippen LogP contribution < -0.4 is 10.1 Å². The Balaban J connectivity index is 1.34. The van der Waals surface area contributed by atoms with E-state index in [2.05, 4.69) is 5.32 Å². The molecular weight excluding hydrogens is 368 g/mol. The van der Waals surface area contributed by atoms with Crippen molar-refractivity contribution in [1.29, 1.82) is 0 Å². The lowest BCUT2D eigenvalue weighted by atomic mass is 9.95. The SMILES string of the molecule is COc1cccc2cc(C(=O)N3CCC(C(=O)NCc4ccccc4)CC3)oc12. The molecule has 1 saturated heterocycles. The Bertz CT molecular complexity index is 1000. The Hall–Kier alpha value is -3.28. The van der Waals surface area contributed by atoms with E-state index in [0.29, 0.717) is 49.6 Å². The van der Waals surface area contributed by atoms with Gasteiger partial charge in [0.05, 0.1) is 7.11 Å². The third-order valence-corrected chi connectivity index (χ3v) is 5.40. The Morgan fingerprint density at radius 3 is 2.59 bits per heavy atom. The molecule has 0 spiro atoms. The van der Waals surface area contributed by atoms with Crippen molar-refractivity contribution in [2.75, 3.05) is 20.2 Å². The van der Waals surface area contributed by atoms with E-state index >= 15 is 0 Å².